The Morgan fingerprint density at radius 1 is 1.53 bits per heavy atom. The number of hydrogen-bond donors (Lipinski definition) is 1. The quantitative estimate of drug-likeness (QED) is 0.565. The number of tetrazole rings is 1. The van der Waals surface area contributed by atoms with Crippen molar-refractivity contribution in [1.82, 2.24) is 25.6 Å². The first kappa shape index (κ1) is 9.19. The van der Waals surface area contributed by atoms with E-state index in [2.05, 4.69) is 25.6 Å². The summed E-state index contributed by atoms with van der Waals surface area (Å²) in [4.78, 5) is 14.0. The molecule has 2 aromatic rings. The Morgan fingerprint density at radius 2 is 2.33 bits per heavy atom. The highest BCUT2D eigenvalue weighted by Crippen LogP contribution is 2.21. The van der Waals surface area contributed by atoms with Crippen LogP contribution in [0.2, 0.25) is 0 Å². The van der Waals surface area contributed by atoms with Crippen LogP contribution in [0.1, 0.15) is 5.69 Å². The lowest BCUT2D eigenvalue weighted by Gasteiger charge is -1.97. The third-order valence-electron chi connectivity index (χ3n) is 1.86. The van der Waals surface area contributed by atoms with Crippen LogP contribution in [0.3, 0.4) is 0 Å². The third kappa shape index (κ3) is 1.64. The van der Waals surface area contributed by atoms with Gasteiger partial charge in [-0.15, -0.1) is 10.2 Å². The Morgan fingerprint density at radius 3 is 2.93 bits per heavy atom. The van der Waals surface area contributed by atoms with Crippen LogP contribution in [0.5, 0.6) is 0 Å². The van der Waals surface area contributed by atoms with Gasteiger partial charge in [0.2, 0.25) is 5.82 Å². The SMILES string of the molecule is Cc1ncc(-c2nn[nH]n2)cc1[N+](=O)[O-]. The molecule has 0 aliphatic rings. The molecule has 0 aromatic carbocycles. The summed E-state index contributed by atoms with van der Waals surface area (Å²) in [6, 6.07) is 1.37. The second-order valence-electron chi connectivity index (χ2n) is 2.82. The van der Waals surface area contributed by atoms with Crippen molar-refractivity contribution in [2.75, 3.05) is 0 Å². The van der Waals surface area contributed by atoms with Crippen molar-refractivity contribution in [2.45, 2.75) is 6.92 Å². The first-order valence-corrected chi connectivity index (χ1v) is 4.03. The van der Waals surface area contributed by atoms with Gasteiger partial charge in [0, 0.05) is 17.8 Å². The molecule has 0 saturated carbocycles. The van der Waals surface area contributed by atoms with Gasteiger partial charge in [-0.3, -0.25) is 15.1 Å². The Balaban J connectivity index is 2.52. The molecule has 0 bridgehead atoms. The van der Waals surface area contributed by atoms with E-state index < -0.39 is 4.92 Å². The summed E-state index contributed by atoms with van der Waals surface area (Å²) in [7, 11) is 0. The molecule has 0 aliphatic carbocycles. The van der Waals surface area contributed by atoms with Crippen molar-refractivity contribution in [3.63, 3.8) is 0 Å². The van der Waals surface area contributed by atoms with Crippen LogP contribution in [-0.2, 0) is 0 Å². The fourth-order valence-electron chi connectivity index (χ4n) is 1.11. The summed E-state index contributed by atoms with van der Waals surface area (Å²) in [5.41, 5.74) is 0.755. The Bertz CT molecular complexity index is 494. The minimum atomic E-state index is -0.494. The molecule has 0 fully saturated rings. The average Bonchev–Trinajstić information content (AvgIpc) is 2.71. The van der Waals surface area contributed by atoms with Crippen LogP contribution in [0.25, 0.3) is 11.4 Å². The Kier molecular flexibility index (Phi) is 2.08. The molecule has 0 aliphatic heterocycles. The lowest BCUT2D eigenvalue weighted by Crippen LogP contribution is -1.95. The fraction of sp³-hybridized carbons (Fsp3) is 0.143. The van der Waals surface area contributed by atoms with E-state index >= 15 is 0 Å². The van der Waals surface area contributed by atoms with E-state index in [0.29, 0.717) is 11.3 Å². The zero-order chi connectivity index (χ0) is 10.8. The summed E-state index contributed by atoms with van der Waals surface area (Å²) in [6.07, 6.45) is 1.47. The van der Waals surface area contributed by atoms with E-state index in [1.165, 1.54) is 12.3 Å². The zero-order valence-corrected chi connectivity index (χ0v) is 7.71. The normalized spacial score (nSPS) is 10.2. The second-order valence-corrected chi connectivity index (χ2v) is 2.82. The number of hydrogen-bond acceptors (Lipinski definition) is 6. The van der Waals surface area contributed by atoms with Crippen molar-refractivity contribution in [2.24, 2.45) is 0 Å². The van der Waals surface area contributed by atoms with Crippen LogP contribution in [-0.4, -0.2) is 30.5 Å². The minimum absolute atomic E-state index is 0.0581. The van der Waals surface area contributed by atoms with Gasteiger partial charge in [-0.05, 0) is 12.1 Å². The second kappa shape index (κ2) is 3.40. The molecule has 8 heteroatoms. The molecule has 0 amide bonds. The predicted molar refractivity (Wildman–Crippen MR) is 48.8 cm³/mol. The van der Waals surface area contributed by atoms with Crippen molar-refractivity contribution in [3.8, 4) is 11.4 Å². The van der Waals surface area contributed by atoms with Crippen LogP contribution < -0.4 is 0 Å². The molecule has 0 saturated heterocycles. The van der Waals surface area contributed by atoms with Crippen molar-refractivity contribution in [1.29, 1.82) is 0 Å². The van der Waals surface area contributed by atoms with Gasteiger partial charge >= 0.3 is 0 Å². The number of nitrogens with zero attached hydrogens (tertiary/aromatic N) is 5. The number of aromatic nitrogens is 5. The van der Waals surface area contributed by atoms with Gasteiger partial charge in [0.1, 0.15) is 5.69 Å². The van der Waals surface area contributed by atoms with E-state index in [9.17, 15) is 10.1 Å². The maximum absolute atomic E-state index is 10.6. The molecular formula is C7H6N6O2. The van der Waals surface area contributed by atoms with E-state index in [4.69, 9.17) is 0 Å². The van der Waals surface area contributed by atoms with Gasteiger partial charge in [0.25, 0.3) is 5.69 Å². The van der Waals surface area contributed by atoms with Gasteiger partial charge in [-0.1, -0.05) is 0 Å². The maximum Gasteiger partial charge on any atom is 0.291 e. The molecule has 15 heavy (non-hydrogen) atoms. The van der Waals surface area contributed by atoms with Crippen LogP contribution in [0.15, 0.2) is 12.3 Å². The van der Waals surface area contributed by atoms with E-state index in [-0.39, 0.29) is 11.5 Å². The summed E-state index contributed by atoms with van der Waals surface area (Å²) < 4.78 is 0. The number of nitrogens with one attached hydrogen (secondary N) is 1. The summed E-state index contributed by atoms with van der Waals surface area (Å²) in [5.74, 6) is 0.283. The highest BCUT2D eigenvalue weighted by atomic mass is 16.6. The van der Waals surface area contributed by atoms with Crippen LogP contribution in [0.4, 0.5) is 5.69 Å². The Labute approximate surface area is 83.5 Å². The highest BCUT2D eigenvalue weighted by molar-refractivity contribution is 5.57. The smallest absolute Gasteiger partial charge is 0.258 e. The molecule has 0 spiro atoms. The Hall–Kier alpha value is -2.38. The first-order chi connectivity index (χ1) is 7.18. The van der Waals surface area contributed by atoms with Gasteiger partial charge in [-0.25, -0.2) is 0 Å². The van der Waals surface area contributed by atoms with Crippen molar-refractivity contribution in [3.05, 3.63) is 28.1 Å². The van der Waals surface area contributed by atoms with Gasteiger partial charge in [-0.2, -0.15) is 5.21 Å². The number of H-pyrrole nitrogens is 1. The molecule has 8 nitrogen and oxygen atoms in total. The number of pyridine rings is 1. The van der Waals surface area contributed by atoms with E-state index in [1.54, 1.807) is 6.92 Å². The van der Waals surface area contributed by atoms with Gasteiger partial charge in [0.05, 0.1) is 4.92 Å². The standard InChI is InChI=1S/C7H6N6O2/c1-4-6(13(14)15)2-5(3-8-4)7-9-11-12-10-7/h2-3H,1H3,(H,9,10,11,12). The third-order valence-corrected chi connectivity index (χ3v) is 1.86. The topological polar surface area (TPSA) is 110 Å². The molecule has 2 aromatic heterocycles. The molecular weight excluding hydrogens is 200 g/mol. The molecule has 0 atom stereocenters. The summed E-state index contributed by atoms with van der Waals surface area (Å²) in [6.45, 7) is 1.57. The lowest BCUT2D eigenvalue weighted by molar-refractivity contribution is -0.385. The molecule has 76 valence electrons. The number of aromatic amines is 1. The van der Waals surface area contributed by atoms with Crippen molar-refractivity contribution >= 4 is 5.69 Å². The average molecular weight is 206 g/mol. The maximum atomic E-state index is 10.6. The van der Waals surface area contributed by atoms with Crippen molar-refractivity contribution < 1.29 is 4.92 Å². The molecule has 2 rings (SSSR count). The largest absolute Gasteiger partial charge is 0.291 e. The van der Waals surface area contributed by atoms with Gasteiger partial charge < -0.3 is 0 Å². The fourth-order valence-corrected chi connectivity index (χ4v) is 1.11. The zero-order valence-electron chi connectivity index (χ0n) is 7.71. The molecule has 1 N–H and O–H groups in total. The van der Waals surface area contributed by atoms with Crippen LogP contribution in [0, 0.1) is 17.0 Å². The predicted octanol–water partition coefficient (Wildman–Crippen LogP) is 0.478. The summed E-state index contributed by atoms with van der Waals surface area (Å²) in [5, 5.41) is 23.7. The first-order valence-electron chi connectivity index (χ1n) is 4.03. The monoisotopic (exact) mass is 206 g/mol. The number of nitro groups is 1. The highest BCUT2D eigenvalue weighted by Gasteiger charge is 2.14. The van der Waals surface area contributed by atoms with E-state index in [0.717, 1.165) is 0 Å². The summed E-state index contributed by atoms with van der Waals surface area (Å²) >= 11 is 0. The molecule has 0 radical (unpaired) electrons. The number of rotatable bonds is 2. The minimum Gasteiger partial charge on any atom is -0.258 e. The van der Waals surface area contributed by atoms with Gasteiger partial charge in [0.15, 0.2) is 0 Å². The van der Waals surface area contributed by atoms with E-state index in [1.807, 2.05) is 0 Å². The molecule has 2 heterocycles. The molecule has 0 unspecified atom stereocenters. The number of aryl methyl sites for hydroxylation is 1. The van der Waals surface area contributed by atoms with Crippen LogP contribution >= 0.6 is 0 Å². The lowest BCUT2D eigenvalue weighted by atomic mass is 10.2.